The fraction of sp³-hybridized carbons (Fsp3) is 0.267. The maximum absolute atomic E-state index is 13.0. The first-order chi connectivity index (χ1) is 9.95. The van der Waals surface area contributed by atoms with Crippen LogP contribution >= 0.6 is 0 Å². The van der Waals surface area contributed by atoms with Crippen LogP contribution in [-0.4, -0.2) is 6.54 Å². The molecule has 0 fully saturated rings. The molecule has 0 aliphatic carbocycles. The van der Waals surface area contributed by atoms with Gasteiger partial charge in [0.2, 0.25) is 0 Å². The minimum Gasteiger partial charge on any atom is -0.467 e. The van der Waals surface area contributed by atoms with Crippen LogP contribution in [0.2, 0.25) is 0 Å². The Bertz CT molecular complexity index is 642. The van der Waals surface area contributed by atoms with Crippen LogP contribution in [-0.2, 0) is 12.7 Å². The van der Waals surface area contributed by atoms with Crippen LogP contribution in [0.1, 0.15) is 23.8 Å². The van der Waals surface area contributed by atoms with Gasteiger partial charge >= 0.3 is 6.18 Å². The molecule has 0 unspecified atom stereocenters. The summed E-state index contributed by atoms with van der Waals surface area (Å²) in [6, 6.07) is 8.78. The molecule has 0 N–H and O–H groups in total. The summed E-state index contributed by atoms with van der Waals surface area (Å²) in [6.45, 7) is 2.73. The number of alkyl halides is 3. The van der Waals surface area contributed by atoms with Gasteiger partial charge in [0, 0.05) is 12.2 Å². The maximum Gasteiger partial charge on any atom is 0.417 e. The van der Waals surface area contributed by atoms with Crippen LogP contribution in [0.5, 0.6) is 0 Å². The second-order valence-electron chi connectivity index (χ2n) is 4.43. The SMILES string of the molecule is CCN(Cc1ccco1)c1ccc(C#N)c(C(F)(F)F)c1. The van der Waals surface area contributed by atoms with Crippen molar-refractivity contribution in [3.8, 4) is 6.07 Å². The molecule has 1 heterocycles. The van der Waals surface area contributed by atoms with Gasteiger partial charge < -0.3 is 9.32 Å². The largest absolute Gasteiger partial charge is 0.467 e. The quantitative estimate of drug-likeness (QED) is 0.848. The van der Waals surface area contributed by atoms with Gasteiger partial charge in [-0.1, -0.05) is 0 Å². The van der Waals surface area contributed by atoms with Crippen LogP contribution in [0.4, 0.5) is 18.9 Å². The van der Waals surface area contributed by atoms with Gasteiger partial charge in [0.25, 0.3) is 0 Å². The molecule has 2 rings (SSSR count). The Kier molecular flexibility index (Phi) is 4.22. The molecule has 2 aromatic rings. The smallest absolute Gasteiger partial charge is 0.417 e. The van der Waals surface area contributed by atoms with E-state index in [1.165, 1.54) is 18.4 Å². The third-order valence-electron chi connectivity index (χ3n) is 3.10. The van der Waals surface area contributed by atoms with E-state index in [1.54, 1.807) is 23.1 Å². The van der Waals surface area contributed by atoms with Crippen molar-refractivity contribution in [3.63, 3.8) is 0 Å². The lowest BCUT2D eigenvalue weighted by atomic mass is 10.1. The van der Waals surface area contributed by atoms with Crippen molar-refractivity contribution in [1.29, 1.82) is 5.26 Å². The van der Waals surface area contributed by atoms with Gasteiger partial charge in [0.05, 0.1) is 30.0 Å². The molecule has 0 radical (unpaired) electrons. The summed E-state index contributed by atoms with van der Waals surface area (Å²) in [4.78, 5) is 1.75. The van der Waals surface area contributed by atoms with E-state index in [9.17, 15) is 13.2 Å². The van der Waals surface area contributed by atoms with Gasteiger partial charge in [-0.25, -0.2) is 0 Å². The molecule has 1 aromatic heterocycles. The highest BCUT2D eigenvalue weighted by Gasteiger charge is 2.34. The van der Waals surface area contributed by atoms with Crippen LogP contribution in [0.15, 0.2) is 41.0 Å². The zero-order valence-electron chi connectivity index (χ0n) is 11.3. The Balaban J connectivity index is 2.36. The molecule has 21 heavy (non-hydrogen) atoms. The number of nitriles is 1. The van der Waals surface area contributed by atoms with Crippen molar-refractivity contribution in [2.24, 2.45) is 0 Å². The highest BCUT2D eigenvalue weighted by atomic mass is 19.4. The number of hydrogen-bond donors (Lipinski definition) is 0. The number of furan rings is 1. The molecular formula is C15H13F3N2O. The average Bonchev–Trinajstić information content (AvgIpc) is 2.96. The van der Waals surface area contributed by atoms with E-state index in [2.05, 4.69) is 0 Å². The van der Waals surface area contributed by atoms with Gasteiger partial charge in [-0.05, 0) is 37.3 Å². The molecule has 0 saturated heterocycles. The monoisotopic (exact) mass is 294 g/mol. The summed E-state index contributed by atoms with van der Waals surface area (Å²) in [6.07, 6.45) is -3.03. The minimum atomic E-state index is -4.55. The maximum atomic E-state index is 13.0. The van der Waals surface area contributed by atoms with E-state index in [0.717, 1.165) is 6.07 Å². The summed E-state index contributed by atoms with van der Waals surface area (Å²) in [5.74, 6) is 0.662. The highest BCUT2D eigenvalue weighted by Crippen LogP contribution is 2.34. The third kappa shape index (κ3) is 3.37. The van der Waals surface area contributed by atoms with Crippen molar-refractivity contribution >= 4 is 5.69 Å². The van der Waals surface area contributed by atoms with Crippen molar-refractivity contribution in [2.45, 2.75) is 19.6 Å². The van der Waals surface area contributed by atoms with Crippen LogP contribution in [0.3, 0.4) is 0 Å². The lowest BCUT2D eigenvalue weighted by molar-refractivity contribution is -0.137. The van der Waals surface area contributed by atoms with Gasteiger partial charge in [-0.3, -0.25) is 0 Å². The first-order valence-corrected chi connectivity index (χ1v) is 6.34. The zero-order chi connectivity index (χ0) is 15.5. The van der Waals surface area contributed by atoms with E-state index >= 15 is 0 Å². The Morgan fingerprint density at radius 1 is 1.29 bits per heavy atom. The number of anilines is 1. The van der Waals surface area contributed by atoms with Crippen molar-refractivity contribution < 1.29 is 17.6 Å². The predicted octanol–water partition coefficient (Wildman–Crippen LogP) is 4.20. The lowest BCUT2D eigenvalue weighted by Gasteiger charge is -2.23. The van der Waals surface area contributed by atoms with Crippen molar-refractivity contribution in [3.05, 3.63) is 53.5 Å². The van der Waals surface area contributed by atoms with Crippen molar-refractivity contribution in [2.75, 3.05) is 11.4 Å². The zero-order valence-corrected chi connectivity index (χ0v) is 11.3. The number of hydrogen-bond acceptors (Lipinski definition) is 3. The molecule has 6 heteroatoms. The number of nitrogens with zero attached hydrogens (tertiary/aromatic N) is 2. The van der Waals surface area contributed by atoms with Crippen LogP contribution in [0.25, 0.3) is 0 Å². The lowest BCUT2D eigenvalue weighted by Crippen LogP contribution is -2.22. The second-order valence-corrected chi connectivity index (χ2v) is 4.43. The van der Waals surface area contributed by atoms with Crippen molar-refractivity contribution in [1.82, 2.24) is 0 Å². The molecule has 0 spiro atoms. The first-order valence-electron chi connectivity index (χ1n) is 6.34. The van der Waals surface area contributed by atoms with Crippen LogP contribution < -0.4 is 4.90 Å². The molecule has 110 valence electrons. The van der Waals surface area contributed by atoms with E-state index in [1.807, 2.05) is 6.92 Å². The normalized spacial score (nSPS) is 11.2. The Morgan fingerprint density at radius 2 is 2.05 bits per heavy atom. The molecule has 0 atom stereocenters. The minimum absolute atomic E-state index is 0.368. The molecule has 0 bridgehead atoms. The van der Waals surface area contributed by atoms with Gasteiger partial charge in [0.1, 0.15) is 5.76 Å². The molecule has 3 nitrogen and oxygen atoms in total. The Labute approximate surface area is 120 Å². The van der Waals surface area contributed by atoms with E-state index in [-0.39, 0.29) is 5.56 Å². The molecular weight excluding hydrogens is 281 g/mol. The Hall–Kier alpha value is -2.42. The van der Waals surface area contributed by atoms with Crippen LogP contribution in [0, 0.1) is 11.3 Å². The third-order valence-corrected chi connectivity index (χ3v) is 3.10. The van der Waals surface area contributed by atoms with E-state index in [0.29, 0.717) is 24.5 Å². The summed E-state index contributed by atoms with van der Waals surface area (Å²) in [5.41, 5.74) is -0.888. The summed E-state index contributed by atoms with van der Waals surface area (Å²) >= 11 is 0. The molecule has 0 amide bonds. The molecule has 0 aliphatic rings. The topological polar surface area (TPSA) is 40.2 Å². The molecule has 1 aromatic carbocycles. The molecule has 0 aliphatic heterocycles. The number of halogens is 3. The number of benzene rings is 1. The average molecular weight is 294 g/mol. The van der Waals surface area contributed by atoms with Gasteiger partial charge in [-0.15, -0.1) is 0 Å². The first kappa shape index (κ1) is 15.0. The van der Waals surface area contributed by atoms with Gasteiger partial charge in [-0.2, -0.15) is 18.4 Å². The Morgan fingerprint density at radius 3 is 2.57 bits per heavy atom. The van der Waals surface area contributed by atoms with E-state index in [4.69, 9.17) is 9.68 Å². The summed E-state index contributed by atoms with van der Waals surface area (Å²) in [5, 5.41) is 8.80. The standard InChI is InChI=1S/C15H13F3N2O/c1-2-20(10-13-4-3-7-21-13)12-6-5-11(9-19)14(8-12)15(16,17)18/h3-8H,2,10H2,1H3. The summed E-state index contributed by atoms with van der Waals surface area (Å²) in [7, 11) is 0. The number of rotatable bonds is 4. The second kappa shape index (κ2) is 5.92. The van der Waals surface area contributed by atoms with Gasteiger partial charge in [0.15, 0.2) is 0 Å². The summed E-state index contributed by atoms with van der Waals surface area (Å²) < 4.78 is 44.1. The molecule has 0 saturated carbocycles. The highest BCUT2D eigenvalue weighted by molar-refractivity contribution is 5.54. The fourth-order valence-electron chi connectivity index (χ4n) is 2.04. The predicted molar refractivity (Wildman–Crippen MR) is 71.6 cm³/mol. The fourth-order valence-corrected chi connectivity index (χ4v) is 2.04. The van der Waals surface area contributed by atoms with E-state index < -0.39 is 11.7 Å².